The smallest absolute Gasteiger partial charge is 0.257 e. The van der Waals surface area contributed by atoms with E-state index in [0.29, 0.717) is 13.0 Å². The lowest BCUT2D eigenvalue weighted by Crippen LogP contribution is -2.34. The van der Waals surface area contributed by atoms with Gasteiger partial charge in [-0.2, -0.15) is 0 Å². The van der Waals surface area contributed by atoms with Crippen molar-refractivity contribution in [3.63, 3.8) is 0 Å². The first-order valence-electron chi connectivity index (χ1n) is 6.90. The minimum absolute atomic E-state index is 0.165. The lowest BCUT2D eigenvalue weighted by atomic mass is 9.87. The zero-order chi connectivity index (χ0) is 14.7. The highest BCUT2D eigenvalue weighted by Gasteiger charge is 2.23. The number of aryl methyl sites for hydroxylation is 1. The van der Waals surface area contributed by atoms with Crippen molar-refractivity contribution in [3.05, 3.63) is 34.9 Å². The summed E-state index contributed by atoms with van der Waals surface area (Å²) in [6.07, 6.45) is 2.90. The molecule has 2 N–H and O–H groups in total. The van der Waals surface area contributed by atoms with Gasteiger partial charge >= 0.3 is 0 Å². The van der Waals surface area contributed by atoms with Crippen LogP contribution in [0.15, 0.2) is 12.1 Å². The number of hydrogen-bond acceptors (Lipinski definition) is 2. The molecule has 2 unspecified atom stereocenters. The van der Waals surface area contributed by atoms with E-state index in [4.69, 9.17) is 0 Å². The van der Waals surface area contributed by atoms with E-state index in [1.165, 1.54) is 13.0 Å². The van der Waals surface area contributed by atoms with E-state index in [1.54, 1.807) is 0 Å². The van der Waals surface area contributed by atoms with Crippen LogP contribution in [0.25, 0.3) is 0 Å². The Morgan fingerprint density at radius 2 is 2.15 bits per heavy atom. The molecular weight excluding hydrogens is 264 g/mol. The molecule has 1 fully saturated rings. The maximum absolute atomic E-state index is 13.8. The minimum atomic E-state index is -0.853. The molecule has 1 aliphatic carbocycles. The number of carbonyl (C=O) groups excluding carboxylic acids is 1. The maximum Gasteiger partial charge on any atom is 0.257 e. The van der Waals surface area contributed by atoms with Crippen molar-refractivity contribution in [1.82, 2.24) is 5.32 Å². The third kappa shape index (κ3) is 3.33. The number of hydrogen-bond donors (Lipinski definition) is 2. The van der Waals surface area contributed by atoms with E-state index >= 15 is 0 Å². The standard InChI is InChI=1S/C15H19F2NO2/c1-9-5-6-12(16)13(14(9)17)15(20)18-8-10-3-2-4-11(19)7-10/h5-6,10-11,19H,2-4,7-8H2,1H3,(H,18,20). The Labute approximate surface area is 117 Å². The van der Waals surface area contributed by atoms with Crippen LogP contribution in [0.5, 0.6) is 0 Å². The van der Waals surface area contributed by atoms with Crippen molar-refractivity contribution in [2.24, 2.45) is 5.92 Å². The zero-order valence-corrected chi connectivity index (χ0v) is 11.5. The molecule has 1 aromatic carbocycles. The largest absolute Gasteiger partial charge is 0.393 e. The first-order chi connectivity index (χ1) is 9.49. The van der Waals surface area contributed by atoms with Gasteiger partial charge in [-0.1, -0.05) is 12.5 Å². The molecule has 2 atom stereocenters. The quantitative estimate of drug-likeness (QED) is 0.895. The van der Waals surface area contributed by atoms with Gasteiger partial charge in [0.05, 0.1) is 6.10 Å². The van der Waals surface area contributed by atoms with Crippen LogP contribution in [-0.4, -0.2) is 23.7 Å². The molecule has 0 spiro atoms. The summed E-state index contributed by atoms with van der Waals surface area (Å²) in [5.74, 6) is -2.23. The van der Waals surface area contributed by atoms with E-state index in [-0.39, 0.29) is 17.6 Å². The molecule has 0 aliphatic heterocycles. The number of carbonyl (C=O) groups is 1. The van der Waals surface area contributed by atoms with E-state index in [9.17, 15) is 18.7 Å². The third-order valence-corrected chi connectivity index (χ3v) is 3.82. The average molecular weight is 283 g/mol. The fourth-order valence-corrected chi connectivity index (χ4v) is 2.64. The van der Waals surface area contributed by atoms with Gasteiger partial charge in [0.1, 0.15) is 17.2 Å². The van der Waals surface area contributed by atoms with Gasteiger partial charge in [-0.3, -0.25) is 4.79 Å². The zero-order valence-electron chi connectivity index (χ0n) is 11.5. The molecular formula is C15H19F2NO2. The Balaban J connectivity index is 2.00. The van der Waals surface area contributed by atoms with Crippen LogP contribution < -0.4 is 5.32 Å². The highest BCUT2D eigenvalue weighted by atomic mass is 19.1. The van der Waals surface area contributed by atoms with Crippen molar-refractivity contribution < 1.29 is 18.7 Å². The molecule has 0 aromatic heterocycles. The number of aliphatic hydroxyl groups excluding tert-OH is 1. The molecule has 20 heavy (non-hydrogen) atoms. The average Bonchev–Trinajstić information content (AvgIpc) is 2.41. The Kier molecular flexibility index (Phi) is 4.70. The fraction of sp³-hybridized carbons (Fsp3) is 0.533. The first kappa shape index (κ1) is 14.9. The van der Waals surface area contributed by atoms with Crippen LogP contribution in [0.3, 0.4) is 0 Å². The number of nitrogens with one attached hydrogen (secondary N) is 1. The summed E-state index contributed by atoms with van der Waals surface area (Å²) in [5.41, 5.74) is -0.286. The summed E-state index contributed by atoms with van der Waals surface area (Å²) >= 11 is 0. The van der Waals surface area contributed by atoms with E-state index in [1.807, 2.05) is 0 Å². The van der Waals surface area contributed by atoms with Crippen LogP contribution in [0.4, 0.5) is 8.78 Å². The maximum atomic E-state index is 13.8. The number of halogens is 2. The Bertz CT molecular complexity index is 505. The molecule has 0 heterocycles. The van der Waals surface area contributed by atoms with Crippen molar-refractivity contribution in [2.45, 2.75) is 38.7 Å². The first-order valence-corrected chi connectivity index (χ1v) is 6.90. The lowest BCUT2D eigenvalue weighted by molar-refractivity contribution is 0.0867. The normalized spacial score (nSPS) is 22.6. The van der Waals surface area contributed by atoms with Crippen molar-refractivity contribution in [2.75, 3.05) is 6.54 Å². The Morgan fingerprint density at radius 3 is 2.85 bits per heavy atom. The Hall–Kier alpha value is -1.49. The van der Waals surface area contributed by atoms with Crippen LogP contribution in [0.2, 0.25) is 0 Å². The van der Waals surface area contributed by atoms with E-state index in [2.05, 4.69) is 5.32 Å². The van der Waals surface area contributed by atoms with Crippen LogP contribution in [-0.2, 0) is 0 Å². The molecule has 110 valence electrons. The molecule has 2 rings (SSSR count). The van der Waals surface area contributed by atoms with Crippen LogP contribution in [0, 0.1) is 24.5 Å². The number of aliphatic hydroxyl groups is 1. The summed E-state index contributed by atoms with van der Waals surface area (Å²) < 4.78 is 27.4. The predicted octanol–water partition coefficient (Wildman–Crippen LogP) is 2.55. The van der Waals surface area contributed by atoms with E-state index in [0.717, 1.165) is 25.3 Å². The van der Waals surface area contributed by atoms with Crippen molar-refractivity contribution in [1.29, 1.82) is 0 Å². The van der Waals surface area contributed by atoms with Gasteiger partial charge in [0, 0.05) is 6.54 Å². The van der Waals surface area contributed by atoms with Crippen molar-refractivity contribution in [3.8, 4) is 0 Å². The van der Waals surface area contributed by atoms with Gasteiger partial charge in [-0.05, 0) is 43.7 Å². The van der Waals surface area contributed by atoms with Gasteiger partial charge in [-0.25, -0.2) is 8.78 Å². The molecule has 0 bridgehead atoms. The molecule has 1 saturated carbocycles. The molecule has 1 aliphatic rings. The number of benzene rings is 1. The molecule has 5 heteroatoms. The SMILES string of the molecule is Cc1ccc(F)c(C(=O)NCC2CCCC(O)C2)c1F. The van der Waals surface area contributed by atoms with Gasteiger partial charge in [-0.15, -0.1) is 0 Å². The topological polar surface area (TPSA) is 49.3 Å². The summed E-state index contributed by atoms with van der Waals surface area (Å²) in [6, 6.07) is 2.40. The monoisotopic (exact) mass is 283 g/mol. The molecule has 0 saturated heterocycles. The second-order valence-corrected chi connectivity index (χ2v) is 5.45. The van der Waals surface area contributed by atoms with Crippen LogP contribution in [0.1, 0.15) is 41.6 Å². The highest BCUT2D eigenvalue weighted by Crippen LogP contribution is 2.24. The highest BCUT2D eigenvalue weighted by molar-refractivity contribution is 5.94. The molecule has 1 aromatic rings. The number of amides is 1. The van der Waals surface area contributed by atoms with Gasteiger partial charge in [0.2, 0.25) is 0 Å². The van der Waals surface area contributed by atoms with Crippen molar-refractivity contribution >= 4 is 5.91 Å². The Morgan fingerprint density at radius 1 is 1.40 bits per heavy atom. The van der Waals surface area contributed by atoms with Gasteiger partial charge < -0.3 is 10.4 Å². The lowest BCUT2D eigenvalue weighted by Gasteiger charge is -2.25. The molecule has 3 nitrogen and oxygen atoms in total. The van der Waals surface area contributed by atoms with Crippen LogP contribution >= 0.6 is 0 Å². The summed E-state index contributed by atoms with van der Waals surface area (Å²) in [6.45, 7) is 1.83. The van der Waals surface area contributed by atoms with E-state index < -0.39 is 23.1 Å². The second kappa shape index (κ2) is 6.31. The number of rotatable bonds is 3. The molecule has 1 amide bonds. The summed E-state index contributed by atoms with van der Waals surface area (Å²) in [7, 11) is 0. The minimum Gasteiger partial charge on any atom is -0.393 e. The predicted molar refractivity (Wildman–Crippen MR) is 71.4 cm³/mol. The fourth-order valence-electron chi connectivity index (χ4n) is 2.64. The summed E-state index contributed by atoms with van der Waals surface area (Å²) in [4.78, 5) is 11.9. The second-order valence-electron chi connectivity index (χ2n) is 5.45. The third-order valence-electron chi connectivity index (χ3n) is 3.82. The van der Waals surface area contributed by atoms with Gasteiger partial charge in [0.15, 0.2) is 0 Å². The summed E-state index contributed by atoms with van der Waals surface area (Å²) in [5, 5.41) is 12.1. The van der Waals surface area contributed by atoms with Gasteiger partial charge in [0.25, 0.3) is 5.91 Å². The molecule has 0 radical (unpaired) electrons.